The van der Waals surface area contributed by atoms with Gasteiger partial charge in [0.25, 0.3) is 0 Å². The number of anilines is 1. The van der Waals surface area contributed by atoms with Gasteiger partial charge in [-0.05, 0) is 31.2 Å². The number of hydrogen-bond acceptors (Lipinski definition) is 4. The van der Waals surface area contributed by atoms with Crippen LogP contribution in [0.5, 0.6) is 0 Å². The highest BCUT2D eigenvalue weighted by Gasteiger charge is 2.07. The smallest absolute Gasteiger partial charge is 0.159 e. The van der Waals surface area contributed by atoms with Crippen molar-refractivity contribution in [3.63, 3.8) is 0 Å². The SMILES string of the molecule is CC(=O)c1ccnc(N(C)Cc2ccco2)c1. The molecule has 0 aliphatic heterocycles. The topological polar surface area (TPSA) is 46.3 Å². The highest BCUT2D eigenvalue weighted by molar-refractivity contribution is 5.94. The second kappa shape index (κ2) is 4.82. The molecule has 0 aliphatic carbocycles. The van der Waals surface area contributed by atoms with Crippen molar-refractivity contribution < 1.29 is 9.21 Å². The number of carbonyl (C=O) groups is 1. The monoisotopic (exact) mass is 230 g/mol. The van der Waals surface area contributed by atoms with Crippen molar-refractivity contribution in [2.75, 3.05) is 11.9 Å². The fourth-order valence-electron chi connectivity index (χ4n) is 1.56. The van der Waals surface area contributed by atoms with Crippen LogP contribution in [0.4, 0.5) is 5.82 Å². The molecule has 0 spiro atoms. The van der Waals surface area contributed by atoms with Gasteiger partial charge in [0.1, 0.15) is 11.6 Å². The third kappa shape index (κ3) is 2.72. The molecule has 0 unspecified atom stereocenters. The van der Waals surface area contributed by atoms with E-state index in [2.05, 4.69) is 4.98 Å². The Kier molecular flexibility index (Phi) is 3.23. The van der Waals surface area contributed by atoms with Crippen molar-refractivity contribution in [3.8, 4) is 0 Å². The van der Waals surface area contributed by atoms with E-state index in [9.17, 15) is 4.79 Å². The van der Waals surface area contributed by atoms with E-state index < -0.39 is 0 Å². The van der Waals surface area contributed by atoms with Gasteiger partial charge >= 0.3 is 0 Å². The lowest BCUT2D eigenvalue weighted by atomic mass is 10.2. The molecule has 0 N–H and O–H groups in total. The van der Waals surface area contributed by atoms with E-state index >= 15 is 0 Å². The molecule has 4 nitrogen and oxygen atoms in total. The minimum Gasteiger partial charge on any atom is -0.467 e. The summed E-state index contributed by atoms with van der Waals surface area (Å²) in [6.07, 6.45) is 3.29. The number of pyridine rings is 1. The molecule has 17 heavy (non-hydrogen) atoms. The number of hydrogen-bond donors (Lipinski definition) is 0. The lowest BCUT2D eigenvalue weighted by Gasteiger charge is -2.16. The number of rotatable bonds is 4. The lowest BCUT2D eigenvalue weighted by molar-refractivity contribution is 0.101. The average molecular weight is 230 g/mol. The number of aromatic nitrogens is 1. The van der Waals surface area contributed by atoms with Crippen molar-refractivity contribution in [2.45, 2.75) is 13.5 Å². The molecular weight excluding hydrogens is 216 g/mol. The molecule has 0 amide bonds. The Hall–Kier alpha value is -2.10. The van der Waals surface area contributed by atoms with Crippen molar-refractivity contribution in [1.82, 2.24) is 4.98 Å². The summed E-state index contributed by atoms with van der Waals surface area (Å²) in [6.45, 7) is 2.17. The van der Waals surface area contributed by atoms with Gasteiger partial charge in [-0.1, -0.05) is 0 Å². The molecule has 0 saturated heterocycles. The van der Waals surface area contributed by atoms with Gasteiger partial charge in [-0.25, -0.2) is 4.98 Å². The predicted molar refractivity (Wildman–Crippen MR) is 65.1 cm³/mol. The van der Waals surface area contributed by atoms with Gasteiger partial charge in [-0.3, -0.25) is 4.79 Å². The first-order chi connectivity index (χ1) is 8.16. The molecule has 0 aromatic carbocycles. The van der Waals surface area contributed by atoms with Gasteiger partial charge in [0.2, 0.25) is 0 Å². The van der Waals surface area contributed by atoms with Crippen molar-refractivity contribution in [2.24, 2.45) is 0 Å². The first-order valence-corrected chi connectivity index (χ1v) is 5.37. The number of ketones is 1. The molecule has 0 aliphatic rings. The molecular formula is C13H14N2O2. The maximum Gasteiger partial charge on any atom is 0.159 e. The summed E-state index contributed by atoms with van der Waals surface area (Å²) in [5, 5.41) is 0. The van der Waals surface area contributed by atoms with Crippen LogP contribution in [0.25, 0.3) is 0 Å². The molecule has 2 aromatic rings. The predicted octanol–water partition coefficient (Wildman–Crippen LogP) is 2.51. The van der Waals surface area contributed by atoms with E-state index in [1.54, 1.807) is 31.5 Å². The quantitative estimate of drug-likeness (QED) is 0.757. The Morgan fingerprint density at radius 2 is 2.29 bits per heavy atom. The van der Waals surface area contributed by atoms with Crippen LogP contribution in [0.3, 0.4) is 0 Å². The molecule has 2 aromatic heterocycles. The number of Topliss-reactive ketones (excluding diaryl/α,β-unsaturated/α-hetero) is 1. The van der Waals surface area contributed by atoms with Crippen LogP contribution in [0.1, 0.15) is 23.0 Å². The van der Waals surface area contributed by atoms with Crippen molar-refractivity contribution in [3.05, 3.63) is 48.0 Å². The van der Waals surface area contributed by atoms with Crippen LogP contribution in [0, 0.1) is 0 Å². The average Bonchev–Trinajstić information content (AvgIpc) is 2.82. The molecule has 0 bridgehead atoms. The van der Waals surface area contributed by atoms with Gasteiger partial charge in [0.15, 0.2) is 5.78 Å². The van der Waals surface area contributed by atoms with Crippen LogP contribution >= 0.6 is 0 Å². The Morgan fingerprint density at radius 1 is 1.47 bits per heavy atom. The third-order valence-electron chi connectivity index (χ3n) is 2.52. The van der Waals surface area contributed by atoms with Crippen LogP contribution in [-0.2, 0) is 6.54 Å². The van der Waals surface area contributed by atoms with Gasteiger partial charge in [-0.2, -0.15) is 0 Å². The minimum absolute atomic E-state index is 0.0417. The summed E-state index contributed by atoms with van der Waals surface area (Å²) < 4.78 is 5.27. The molecule has 2 rings (SSSR count). The standard InChI is InChI=1S/C13H14N2O2/c1-10(16)11-5-6-14-13(8-11)15(2)9-12-4-3-7-17-12/h3-8H,9H2,1-2H3. The fraction of sp³-hybridized carbons (Fsp3) is 0.231. The molecule has 0 radical (unpaired) electrons. The molecule has 0 atom stereocenters. The maximum atomic E-state index is 11.3. The second-order valence-corrected chi connectivity index (χ2v) is 3.89. The summed E-state index contributed by atoms with van der Waals surface area (Å²) in [5.41, 5.74) is 0.668. The molecule has 0 saturated carbocycles. The van der Waals surface area contributed by atoms with Gasteiger partial charge in [0.05, 0.1) is 12.8 Å². The van der Waals surface area contributed by atoms with E-state index in [1.807, 2.05) is 24.1 Å². The molecule has 88 valence electrons. The van der Waals surface area contributed by atoms with Crippen LogP contribution < -0.4 is 4.90 Å². The highest BCUT2D eigenvalue weighted by atomic mass is 16.3. The number of furan rings is 1. The van der Waals surface area contributed by atoms with Gasteiger partial charge < -0.3 is 9.32 Å². The first kappa shape index (κ1) is 11.4. The van der Waals surface area contributed by atoms with Crippen molar-refractivity contribution >= 4 is 11.6 Å². The summed E-state index contributed by atoms with van der Waals surface area (Å²) in [4.78, 5) is 17.4. The molecule has 0 fully saturated rings. The first-order valence-electron chi connectivity index (χ1n) is 5.37. The van der Waals surface area contributed by atoms with Crippen molar-refractivity contribution in [1.29, 1.82) is 0 Å². The fourth-order valence-corrected chi connectivity index (χ4v) is 1.56. The zero-order chi connectivity index (χ0) is 12.3. The van der Waals surface area contributed by atoms with Gasteiger partial charge in [-0.15, -0.1) is 0 Å². The second-order valence-electron chi connectivity index (χ2n) is 3.89. The zero-order valence-corrected chi connectivity index (χ0v) is 9.88. The number of carbonyl (C=O) groups excluding carboxylic acids is 1. The largest absolute Gasteiger partial charge is 0.467 e. The Labute approximate surface area is 99.9 Å². The van der Waals surface area contributed by atoms with E-state index in [0.717, 1.165) is 11.6 Å². The summed E-state index contributed by atoms with van der Waals surface area (Å²) in [7, 11) is 1.91. The van der Waals surface area contributed by atoms with Crippen LogP contribution in [-0.4, -0.2) is 17.8 Å². The third-order valence-corrected chi connectivity index (χ3v) is 2.52. The van der Waals surface area contributed by atoms with E-state index in [-0.39, 0.29) is 5.78 Å². The van der Waals surface area contributed by atoms with E-state index in [0.29, 0.717) is 12.1 Å². The highest BCUT2D eigenvalue weighted by Crippen LogP contribution is 2.14. The lowest BCUT2D eigenvalue weighted by Crippen LogP contribution is -2.17. The maximum absolute atomic E-state index is 11.3. The summed E-state index contributed by atoms with van der Waals surface area (Å²) >= 11 is 0. The Balaban J connectivity index is 2.16. The Morgan fingerprint density at radius 3 is 2.94 bits per heavy atom. The van der Waals surface area contributed by atoms with Crippen LogP contribution in [0.15, 0.2) is 41.1 Å². The molecule has 2 heterocycles. The Bertz CT molecular complexity index is 506. The number of nitrogens with zero attached hydrogens (tertiary/aromatic N) is 2. The normalized spacial score (nSPS) is 10.2. The van der Waals surface area contributed by atoms with Gasteiger partial charge in [0, 0.05) is 18.8 Å². The van der Waals surface area contributed by atoms with E-state index in [1.165, 1.54) is 0 Å². The van der Waals surface area contributed by atoms with E-state index in [4.69, 9.17) is 4.42 Å². The minimum atomic E-state index is 0.0417. The zero-order valence-electron chi connectivity index (χ0n) is 9.88. The van der Waals surface area contributed by atoms with Crippen LogP contribution in [0.2, 0.25) is 0 Å². The summed E-state index contributed by atoms with van der Waals surface area (Å²) in [5.74, 6) is 1.66. The molecule has 4 heteroatoms. The summed E-state index contributed by atoms with van der Waals surface area (Å²) in [6, 6.07) is 7.26.